The second kappa shape index (κ2) is 4.58. The maximum absolute atomic E-state index is 10.7. The molecule has 1 fully saturated rings. The number of hydrogen-bond acceptors (Lipinski definition) is 3. The second-order valence-electron chi connectivity index (χ2n) is 3.60. The molecule has 3 atom stereocenters. The van der Waals surface area contributed by atoms with Gasteiger partial charge in [-0.05, 0) is 6.42 Å². The van der Waals surface area contributed by atoms with Crippen LogP contribution >= 0.6 is 0 Å². The molecule has 0 aromatic heterocycles. The molecular formula is C9H17NO3. The van der Waals surface area contributed by atoms with E-state index >= 15 is 0 Å². The molecule has 0 radical (unpaired) electrons. The van der Waals surface area contributed by atoms with Crippen LogP contribution in [0.3, 0.4) is 0 Å². The first-order chi connectivity index (χ1) is 6.16. The standard InChI is InChI=1S/C9H17NO3/c1-2-3-4-6-7(11)5-10-8(6)9(12)13/h6-8,10-11H,2-5H2,1H3,(H,12,13)/t6?,7?,8-/m0/s1. The van der Waals surface area contributed by atoms with Crippen LogP contribution in [0.2, 0.25) is 0 Å². The summed E-state index contributed by atoms with van der Waals surface area (Å²) in [6.45, 7) is 2.47. The lowest BCUT2D eigenvalue weighted by Gasteiger charge is -2.17. The molecule has 4 nitrogen and oxygen atoms in total. The van der Waals surface area contributed by atoms with Crippen LogP contribution in [0, 0.1) is 5.92 Å². The molecule has 2 unspecified atom stereocenters. The quantitative estimate of drug-likeness (QED) is 0.588. The minimum absolute atomic E-state index is 0.113. The Labute approximate surface area is 78.0 Å². The number of unbranched alkanes of at least 4 members (excludes halogenated alkanes) is 1. The monoisotopic (exact) mass is 187 g/mol. The van der Waals surface area contributed by atoms with Crippen molar-refractivity contribution in [2.24, 2.45) is 5.92 Å². The molecule has 0 aromatic rings. The molecule has 0 spiro atoms. The van der Waals surface area contributed by atoms with Crippen molar-refractivity contribution < 1.29 is 15.0 Å². The number of hydrogen-bond donors (Lipinski definition) is 3. The van der Waals surface area contributed by atoms with Gasteiger partial charge in [0.1, 0.15) is 6.04 Å². The van der Waals surface area contributed by atoms with Crippen LogP contribution in [0.15, 0.2) is 0 Å². The SMILES string of the molecule is CCCCC1C(O)CN[C@@H]1C(=O)O. The Balaban J connectivity index is 2.50. The maximum Gasteiger partial charge on any atom is 0.321 e. The first-order valence-corrected chi connectivity index (χ1v) is 4.81. The van der Waals surface area contributed by atoms with Gasteiger partial charge in [0.25, 0.3) is 0 Å². The number of carboxylic acids is 1. The highest BCUT2D eigenvalue weighted by atomic mass is 16.4. The highest BCUT2D eigenvalue weighted by molar-refractivity contribution is 5.74. The number of aliphatic carboxylic acids is 1. The van der Waals surface area contributed by atoms with E-state index in [1.54, 1.807) is 0 Å². The lowest BCUT2D eigenvalue weighted by atomic mass is 9.92. The van der Waals surface area contributed by atoms with Gasteiger partial charge in [-0.15, -0.1) is 0 Å². The number of carboxylic acid groups (broad SMARTS) is 1. The summed E-state index contributed by atoms with van der Waals surface area (Å²) in [5, 5.41) is 21.2. The molecular weight excluding hydrogens is 170 g/mol. The zero-order valence-electron chi connectivity index (χ0n) is 7.86. The molecule has 1 aliphatic heterocycles. The first kappa shape index (κ1) is 10.5. The third kappa shape index (κ3) is 2.42. The van der Waals surface area contributed by atoms with Crippen LogP contribution in [0.1, 0.15) is 26.2 Å². The van der Waals surface area contributed by atoms with Gasteiger partial charge in [-0.3, -0.25) is 4.79 Å². The molecule has 0 saturated carbocycles. The lowest BCUT2D eigenvalue weighted by molar-refractivity contribution is -0.140. The van der Waals surface area contributed by atoms with E-state index in [-0.39, 0.29) is 5.92 Å². The van der Waals surface area contributed by atoms with Crippen molar-refractivity contribution >= 4 is 5.97 Å². The molecule has 13 heavy (non-hydrogen) atoms. The third-order valence-electron chi connectivity index (χ3n) is 2.63. The predicted octanol–water partition coefficient (Wildman–Crippen LogP) is 0.210. The maximum atomic E-state index is 10.7. The Bertz CT molecular complexity index is 184. The van der Waals surface area contributed by atoms with E-state index in [0.717, 1.165) is 19.3 Å². The van der Waals surface area contributed by atoms with Crippen molar-refractivity contribution in [3.63, 3.8) is 0 Å². The summed E-state index contributed by atoms with van der Waals surface area (Å²) in [6.07, 6.45) is 2.32. The van der Waals surface area contributed by atoms with Gasteiger partial charge >= 0.3 is 5.97 Å². The Morgan fingerprint density at radius 3 is 2.85 bits per heavy atom. The summed E-state index contributed by atoms with van der Waals surface area (Å²) < 4.78 is 0. The van der Waals surface area contributed by atoms with E-state index in [9.17, 15) is 9.90 Å². The highest BCUT2D eigenvalue weighted by Crippen LogP contribution is 2.22. The Kier molecular flexibility index (Phi) is 3.69. The van der Waals surface area contributed by atoms with Gasteiger partial charge in [0.15, 0.2) is 0 Å². The minimum atomic E-state index is -0.849. The summed E-state index contributed by atoms with van der Waals surface area (Å²) in [5.41, 5.74) is 0. The third-order valence-corrected chi connectivity index (χ3v) is 2.63. The van der Waals surface area contributed by atoms with Crippen molar-refractivity contribution in [3.8, 4) is 0 Å². The van der Waals surface area contributed by atoms with Gasteiger partial charge in [0, 0.05) is 12.5 Å². The van der Waals surface area contributed by atoms with Gasteiger partial charge < -0.3 is 15.5 Å². The van der Waals surface area contributed by atoms with Crippen LogP contribution in [-0.4, -0.2) is 34.9 Å². The zero-order valence-corrected chi connectivity index (χ0v) is 7.86. The average Bonchev–Trinajstić information content (AvgIpc) is 2.43. The molecule has 1 rings (SSSR count). The molecule has 4 heteroatoms. The number of carbonyl (C=O) groups is 1. The van der Waals surface area contributed by atoms with Crippen LogP contribution < -0.4 is 5.32 Å². The van der Waals surface area contributed by atoms with Crippen LogP contribution in [0.4, 0.5) is 0 Å². The molecule has 1 aliphatic rings. The molecule has 76 valence electrons. The molecule has 0 aromatic carbocycles. The summed E-state index contributed by atoms with van der Waals surface area (Å²) >= 11 is 0. The van der Waals surface area contributed by atoms with Crippen LogP contribution in [0.25, 0.3) is 0 Å². The topological polar surface area (TPSA) is 69.6 Å². The van der Waals surface area contributed by atoms with Gasteiger partial charge in [-0.25, -0.2) is 0 Å². The smallest absolute Gasteiger partial charge is 0.321 e. The number of nitrogens with one attached hydrogen (secondary N) is 1. The summed E-state index contributed by atoms with van der Waals surface area (Å²) in [7, 11) is 0. The van der Waals surface area contributed by atoms with Crippen molar-refractivity contribution in [2.45, 2.75) is 38.3 Å². The van der Waals surface area contributed by atoms with E-state index in [4.69, 9.17) is 5.11 Å². The van der Waals surface area contributed by atoms with Gasteiger partial charge in [-0.2, -0.15) is 0 Å². The van der Waals surface area contributed by atoms with Gasteiger partial charge in [0.2, 0.25) is 0 Å². The molecule has 1 heterocycles. The van der Waals surface area contributed by atoms with E-state index in [0.29, 0.717) is 6.54 Å². The number of aliphatic hydroxyl groups is 1. The fraction of sp³-hybridized carbons (Fsp3) is 0.889. The molecule has 0 amide bonds. The van der Waals surface area contributed by atoms with Crippen LogP contribution in [0.5, 0.6) is 0 Å². The molecule has 0 aliphatic carbocycles. The zero-order chi connectivity index (χ0) is 9.84. The summed E-state index contributed by atoms with van der Waals surface area (Å²) in [5.74, 6) is -0.963. The Hall–Kier alpha value is -0.610. The Morgan fingerprint density at radius 1 is 1.62 bits per heavy atom. The van der Waals surface area contributed by atoms with E-state index in [1.807, 2.05) is 0 Å². The fourth-order valence-electron chi connectivity index (χ4n) is 1.84. The van der Waals surface area contributed by atoms with E-state index in [1.165, 1.54) is 0 Å². The normalized spacial score (nSPS) is 33.5. The summed E-state index contributed by atoms with van der Waals surface area (Å²) in [4.78, 5) is 10.7. The fourth-order valence-corrected chi connectivity index (χ4v) is 1.84. The highest BCUT2D eigenvalue weighted by Gasteiger charge is 2.38. The molecule has 3 N–H and O–H groups in total. The minimum Gasteiger partial charge on any atom is -0.480 e. The first-order valence-electron chi connectivity index (χ1n) is 4.81. The van der Waals surface area contributed by atoms with Crippen molar-refractivity contribution in [2.75, 3.05) is 6.54 Å². The van der Waals surface area contributed by atoms with E-state index < -0.39 is 18.1 Å². The summed E-state index contributed by atoms with van der Waals surface area (Å²) in [6, 6.07) is -0.554. The lowest BCUT2D eigenvalue weighted by Crippen LogP contribution is -2.36. The molecule has 0 bridgehead atoms. The van der Waals surface area contributed by atoms with Crippen molar-refractivity contribution in [3.05, 3.63) is 0 Å². The second-order valence-corrected chi connectivity index (χ2v) is 3.60. The average molecular weight is 187 g/mol. The van der Waals surface area contributed by atoms with E-state index in [2.05, 4.69) is 12.2 Å². The van der Waals surface area contributed by atoms with Gasteiger partial charge in [0.05, 0.1) is 6.10 Å². The largest absolute Gasteiger partial charge is 0.480 e. The molecule has 1 saturated heterocycles. The Morgan fingerprint density at radius 2 is 2.31 bits per heavy atom. The van der Waals surface area contributed by atoms with Crippen molar-refractivity contribution in [1.29, 1.82) is 0 Å². The number of β-amino-alcohol motifs (C(OH)–C–C–N with tert-alkyl or cyclic N) is 1. The number of rotatable bonds is 4. The van der Waals surface area contributed by atoms with Crippen LogP contribution in [-0.2, 0) is 4.79 Å². The van der Waals surface area contributed by atoms with Gasteiger partial charge in [-0.1, -0.05) is 19.8 Å². The predicted molar refractivity (Wildman–Crippen MR) is 48.4 cm³/mol. The number of aliphatic hydroxyl groups excluding tert-OH is 1. The van der Waals surface area contributed by atoms with Crippen molar-refractivity contribution in [1.82, 2.24) is 5.32 Å².